The lowest BCUT2D eigenvalue weighted by Gasteiger charge is -2.22. The number of ether oxygens (including phenoxy) is 1. The van der Waals surface area contributed by atoms with Crippen LogP contribution in [0.1, 0.15) is 0 Å². The third-order valence-corrected chi connectivity index (χ3v) is 3.28. The summed E-state index contributed by atoms with van der Waals surface area (Å²) in [5, 5.41) is 5.91. The van der Waals surface area contributed by atoms with Crippen molar-refractivity contribution in [3.63, 3.8) is 0 Å². The third kappa shape index (κ3) is 3.04. The zero-order valence-electron chi connectivity index (χ0n) is 11.3. The Labute approximate surface area is 120 Å². The van der Waals surface area contributed by atoms with Gasteiger partial charge < -0.3 is 20.4 Å². The summed E-state index contributed by atoms with van der Waals surface area (Å²) in [6, 6.07) is 7.04. The molecule has 110 valence electrons. The van der Waals surface area contributed by atoms with E-state index in [4.69, 9.17) is 4.74 Å². The summed E-state index contributed by atoms with van der Waals surface area (Å²) in [5.74, 6) is -0.172. The lowest BCUT2D eigenvalue weighted by atomic mass is 10.2. The van der Waals surface area contributed by atoms with E-state index in [0.717, 1.165) is 12.2 Å². The second-order valence-electron chi connectivity index (χ2n) is 4.73. The van der Waals surface area contributed by atoms with Crippen LogP contribution in [0.4, 0.5) is 5.69 Å². The molecule has 1 aliphatic heterocycles. The van der Waals surface area contributed by atoms with E-state index in [9.17, 15) is 9.59 Å². The molecule has 3 rings (SSSR count). The van der Waals surface area contributed by atoms with Gasteiger partial charge in [0.25, 0.3) is 5.91 Å². The summed E-state index contributed by atoms with van der Waals surface area (Å²) in [6.45, 7) is 1.82. The van der Waals surface area contributed by atoms with E-state index in [1.165, 1.54) is 4.57 Å². The maximum atomic E-state index is 12.0. The van der Waals surface area contributed by atoms with Crippen molar-refractivity contribution in [3.05, 3.63) is 47.1 Å². The highest BCUT2D eigenvalue weighted by Gasteiger charge is 2.21. The molecular formula is C14H16N4O3. The molecule has 1 aromatic heterocycles. The summed E-state index contributed by atoms with van der Waals surface area (Å²) < 4.78 is 6.87. The van der Waals surface area contributed by atoms with Crippen molar-refractivity contribution in [2.75, 3.05) is 25.0 Å². The zero-order chi connectivity index (χ0) is 14.7. The molecule has 1 fully saturated rings. The molecule has 1 aromatic carbocycles. The van der Waals surface area contributed by atoms with Gasteiger partial charge in [-0.15, -0.1) is 0 Å². The molecule has 1 unspecified atom stereocenters. The van der Waals surface area contributed by atoms with Crippen LogP contribution < -0.4 is 16.3 Å². The molecule has 7 nitrogen and oxygen atoms in total. The number of aromatic nitrogens is 2. The fourth-order valence-corrected chi connectivity index (χ4v) is 2.19. The highest BCUT2D eigenvalue weighted by Crippen LogP contribution is 2.12. The number of H-pyrrole nitrogens is 1. The number of benzene rings is 1. The van der Waals surface area contributed by atoms with E-state index < -0.39 is 6.10 Å². The predicted molar refractivity (Wildman–Crippen MR) is 77.6 cm³/mol. The average molecular weight is 288 g/mol. The molecule has 1 saturated heterocycles. The van der Waals surface area contributed by atoms with Gasteiger partial charge in [-0.3, -0.25) is 9.36 Å². The first-order valence-electron chi connectivity index (χ1n) is 6.74. The van der Waals surface area contributed by atoms with Gasteiger partial charge in [0.15, 0.2) is 0 Å². The lowest BCUT2D eigenvalue weighted by Crippen LogP contribution is -2.45. The number of hydrogen-bond acceptors (Lipinski definition) is 4. The second kappa shape index (κ2) is 5.94. The molecule has 0 radical (unpaired) electrons. The molecule has 1 aliphatic rings. The minimum atomic E-state index is -0.467. The van der Waals surface area contributed by atoms with Gasteiger partial charge in [-0.1, -0.05) is 0 Å². The Morgan fingerprint density at radius 1 is 1.33 bits per heavy atom. The van der Waals surface area contributed by atoms with Gasteiger partial charge in [0.1, 0.15) is 6.10 Å². The first-order valence-corrected chi connectivity index (χ1v) is 6.74. The monoisotopic (exact) mass is 288 g/mol. The van der Waals surface area contributed by atoms with Crippen LogP contribution in [-0.4, -0.2) is 41.3 Å². The van der Waals surface area contributed by atoms with Gasteiger partial charge >= 0.3 is 5.69 Å². The third-order valence-electron chi connectivity index (χ3n) is 3.28. The van der Waals surface area contributed by atoms with E-state index in [2.05, 4.69) is 15.6 Å². The number of nitrogens with one attached hydrogen (secondary N) is 3. The smallest absolute Gasteiger partial charge is 0.330 e. The first-order chi connectivity index (χ1) is 10.2. The molecule has 0 saturated carbocycles. The number of nitrogens with zero attached hydrogens (tertiary/aromatic N) is 1. The summed E-state index contributed by atoms with van der Waals surface area (Å²) in [7, 11) is 0. The van der Waals surface area contributed by atoms with Crippen LogP contribution in [0.5, 0.6) is 0 Å². The minimum absolute atomic E-state index is 0.172. The molecule has 7 heteroatoms. The van der Waals surface area contributed by atoms with E-state index in [1.807, 2.05) is 0 Å². The lowest BCUT2D eigenvalue weighted by molar-refractivity contribution is -0.128. The van der Waals surface area contributed by atoms with E-state index in [-0.39, 0.29) is 11.6 Å². The van der Waals surface area contributed by atoms with Crippen LogP contribution in [0.25, 0.3) is 5.69 Å². The molecule has 3 N–H and O–H groups in total. The number of carbonyl (C=O) groups is 1. The van der Waals surface area contributed by atoms with Crippen molar-refractivity contribution in [3.8, 4) is 5.69 Å². The van der Waals surface area contributed by atoms with Crippen molar-refractivity contribution < 1.29 is 9.53 Å². The van der Waals surface area contributed by atoms with Crippen molar-refractivity contribution in [1.82, 2.24) is 14.9 Å². The first kappa shape index (κ1) is 13.6. The van der Waals surface area contributed by atoms with Gasteiger partial charge in [0.2, 0.25) is 0 Å². The normalized spacial score (nSPS) is 18.4. The highest BCUT2D eigenvalue weighted by molar-refractivity contribution is 5.94. The quantitative estimate of drug-likeness (QED) is 0.747. The number of rotatable bonds is 3. The number of aromatic amines is 1. The number of anilines is 1. The Morgan fingerprint density at radius 3 is 2.76 bits per heavy atom. The van der Waals surface area contributed by atoms with E-state index in [1.54, 1.807) is 36.7 Å². The Kier molecular flexibility index (Phi) is 3.85. The zero-order valence-corrected chi connectivity index (χ0v) is 11.3. The Morgan fingerprint density at radius 2 is 2.14 bits per heavy atom. The van der Waals surface area contributed by atoms with Crippen molar-refractivity contribution >= 4 is 11.6 Å². The molecule has 1 amide bonds. The van der Waals surface area contributed by atoms with Gasteiger partial charge in [-0.2, -0.15) is 0 Å². The fraction of sp³-hybridized carbons (Fsp3) is 0.286. The molecule has 2 aromatic rings. The largest absolute Gasteiger partial charge is 0.366 e. The molecule has 0 bridgehead atoms. The van der Waals surface area contributed by atoms with Gasteiger partial charge in [-0.25, -0.2) is 4.79 Å². The number of amides is 1. The number of hydrogen-bond donors (Lipinski definition) is 3. The van der Waals surface area contributed by atoms with E-state index >= 15 is 0 Å². The van der Waals surface area contributed by atoms with Crippen LogP contribution in [0.2, 0.25) is 0 Å². The van der Waals surface area contributed by atoms with Crippen molar-refractivity contribution in [2.45, 2.75) is 6.10 Å². The number of morpholine rings is 1. The van der Waals surface area contributed by atoms with Gasteiger partial charge in [-0.05, 0) is 24.3 Å². The van der Waals surface area contributed by atoms with Crippen LogP contribution in [0.3, 0.4) is 0 Å². The van der Waals surface area contributed by atoms with E-state index in [0.29, 0.717) is 18.8 Å². The molecule has 21 heavy (non-hydrogen) atoms. The summed E-state index contributed by atoms with van der Waals surface area (Å²) in [5.41, 5.74) is 1.20. The van der Waals surface area contributed by atoms with Gasteiger partial charge in [0.05, 0.1) is 12.3 Å². The maximum Gasteiger partial charge on any atom is 0.330 e. The minimum Gasteiger partial charge on any atom is -0.366 e. The highest BCUT2D eigenvalue weighted by atomic mass is 16.5. The maximum absolute atomic E-state index is 12.0. The standard InChI is InChI=1S/C14H16N4O3/c19-13(12-9-15-6-8-21-12)17-10-1-3-11(4-2-10)18-7-5-16-14(18)20/h1-5,7,12,15H,6,8-9H2,(H,16,20)(H,17,19). The predicted octanol–water partition coefficient (Wildman–Crippen LogP) is 0.0925. The number of imidazole rings is 1. The Bertz CT molecular complexity index is 668. The molecule has 0 aliphatic carbocycles. The van der Waals surface area contributed by atoms with Crippen LogP contribution >= 0.6 is 0 Å². The van der Waals surface area contributed by atoms with Crippen LogP contribution in [0, 0.1) is 0 Å². The van der Waals surface area contributed by atoms with Crippen molar-refractivity contribution in [1.29, 1.82) is 0 Å². The average Bonchev–Trinajstić information content (AvgIpc) is 2.95. The Hall–Kier alpha value is -2.38. The fourth-order valence-electron chi connectivity index (χ4n) is 2.19. The second-order valence-corrected chi connectivity index (χ2v) is 4.73. The molecular weight excluding hydrogens is 272 g/mol. The van der Waals surface area contributed by atoms with Crippen molar-refractivity contribution in [2.24, 2.45) is 0 Å². The SMILES string of the molecule is O=C(Nc1ccc(-n2cc[nH]c2=O)cc1)C1CNCCO1. The topological polar surface area (TPSA) is 88.2 Å². The molecule has 0 spiro atoms. The summed E-state index contributed by atoms with van der Waals surface area (Å²) in [6.07, 6.45) is 2.76. The summed E-state index contributed by atoms with van der Waals surface area (Å²) in [4.78, 5) is 26.1. The summed E-state index contributed by atoms with van der Waals surface area (Å²) >= 11 is 0. The van der Waals surface area contributed by atoms with Gasteiger partial charge in [0, 0.05) is 31.2 Å². The Balaban J connectivity index is 1.68. The number of carbonyl (C=O) groups excluding carboxylic acids is 1. The van der Waals surface area contributed by atoms with Crippen LogP contribution in [0.15, 0.2) is 41.5 Å². The molecule has 2 heterocycles. The molecule has 1 atom stereocenters. The van der Waals surface area contributed by atoms with Crippen LogP contribution in [-0.2, 0) is 9.53 Å².